The summed E-state index contributed by atoms with van der Waals surface area (Å²) in [5.74, 6) is -0.172. The molecule has 2 aromatic rings. The molecule has 2 aromatic carbocycles. The third kappa shape index (κ3) is 5.91. The van der Waals surface area contributed by atoms with Crippen LogP contribution in [0.25, 0.3) is 0 Å². The minimum absolute atomic E-state index is 0.0744. The first kappa shape index (κ1) is 19.0. The molecule has 25 heavy (non-hydrogen) atoms. The second-order valence-electron chi connectivity index (χ2n) is 6.92. The number of anilines is 2. The lowest BCUT2D eigenvalue weighted by Gasteiger charge is -2.18. The second kappa shape index (κ2) is 8.17. The van der Waals surface area contributed by atoms with Crippen molar-refractivity contribution in [2.45, 2.75) is 33.6 Å². The first-order chi connectivity index (χ1) is 11.8. The number of hydrogen-bond acceptors (Lipinski definition) is 2. The van der Waals surface area contributed by atoms with Gasteiger partial charge in [0.25, 0.3) is 0 Å². The average Bonchev–Trinajstić information content (AvgIpc) is 2.53. The number of hydrogen-bond donors (Lipinski definition) is 2. The van der Waals surface area contributed by atoms with Crippen molar-refractivity contribution in [2.75, 3.05) is 10.6 Å². The lowest BCUT2D eigenvalue weighted by Crippen LogP contribution is -2.27. The Morgan fingerprint density at radius 1 is 0.960 bits per heavy atom. The predicted octanol–water partition coefficient (Wildman–Crippen LogP) is 4.90. The molecule has 0 atom stereocenters. The van der Waals surface area contributed by atoms with Crippen LogP contribution in [-0.2, 0) is 16.0 Å². The number of nitrogens with one attached hydrogen (secondary N) is 2. The van der Waals surface area contributed by atoms with E-state index in [1.165, 1.54) is 0 Å². The minimum atomic E-state index is -0.478. The molecule has 4 nitrogen and oxygen atoms in total. The summed E-state index contributed by atoms with van der Waals surface area (Å²) in [5.41, 5.74) is 1.78. The number of amides is 2. The first-order valence-corrected chi connectivity index (χ1v) is 8.58. The molecule has 0 saturated carbocycles. The summed E-state index contributed by atoms with van der Waals surface area (Å²) < 4.78 is 0. The van der Waals surface area contributed by atoms with E-state index in [9.17, 15) is 9.59 Å². The fourth-order valence-electron chi connectivity index (χ4n) is 2.17. The van der Waals surface area contributed by atoms with Gasteiger partial charge in [0.1, 0.15) is 0 Å². The molecule has 0 heterocycles. The van der Waals surface area contributed by atoms with Gasteiger partial charge in [0.2, 0.25) is 11.8 Å². The molecule has 0 radical (unpaired) electrons. The lowest BCUT2D eigenvalue weighted by molar-refractivity contribution is -0.123. The Morgan fingerprint density at radius 2 is 1.60 bits per heavy atom. The molecule has 0 aromatic heterocycles. The summed E-state index contributed by atoms with van der Waals surface area (Å²) in [6, 6.07) is 14.6. The highest BCUT2D eigenvalue weighted by atomic mass is 35.5. The van der Waals surface area contributed by atoms with E-state index in [1.807, 2.05) is 45.0 Å². The number of carbonyl (C=O) groups excluding carboxylic acids is 2. The monoisotopic (exact) mass is 358 g/mol. The van der Waals surface area contributed by atoms with E-state index in [-0.39, 0.29) is 11.8 Å². The van der Waals surface area contributed by atoms with E-state index < -0.39 is 5.41 Å². The quantitative estimate of drug-likeness (QED) is 0.798. The minimum Gasteiger partial charge on any atom is -0.326 e. The number of halogens is 1. The number of aryl methyl sites for hydroxylation is 1. The van der Waals surface area contributed by atoms with Gasteiger partial charge in [-0.2, -0.15) is 0 Å². The van der Waals surface area contributed by atoms with Crippen LogP contribution in [0, 0.1) is 5.41 Å². The standard InChI is InChI=1S/C20H23ClN2O2/c1-20(2,3)19(25)23-16-9-6-8-15(13-16)22-18(24)12-11-14-7-4-5-10-17(14)21/h4-10,13H,11-12H2,1-3H3,(H,22,24)(H,23,25). The maximum atomic E-state index is 12.1. The van der Waals surface area contributed by atoms with Crippen molar-refractivity contribution < 1.29 is 9.59 Å². The molecule has 0 aliphatic heterocycles. The second-order valence-corrected chi connectivity index (χ2v) is 7.33. The molecule has 0 unspecified atom stereocenters. The third-order valence-corrected chi connectivity index (χ3v) is 4.03. The number of benzene rings is 2. The van der Waals surface area contributed by atoms with E-state index >= 15 is 0 Å². The summed E-state index contributed by atoms with van der Waals surface area (Å²) in [5, 5.41) is 6.37. The summed E-state index contributed by atoms with van der Waals surface area (Å²) in [4.78, 5) is 24.2. The van der Waals surface area contributed by atoms with Crippen molar-refractivity contribution in [3.05, 3.63) is 59.1 Å². The molecule has 2 rings (SSSR count). The highest BCUT2D eigenvalue weighted by Gasteiger charge is 2.21. The Labute approximate surface area is 153 Å². The topological polar surface area (TPSA) is 58.2 Å². The zero-order valence-corrected chi connectivity index (χ0v) is 15.5. The van der Waals surface area contributed by atoms with Crippen LogP contribution in [0.15, 0.2) is 48.5 Å². The molecule has 0 fully saturated rings. The van der Waals surface area contributed by atoms with Gasteiger partial charge in [-0.3, -0.25) is 9.59 Å². The van der Waals surface area contributed by atoms with Crippen molar-refractivity contribution in [1.29, 1.82) is 0 Å². The smallest absolute Gasteiger partial charge is 0.229 e. The molecule has 0 aliphatic carbocycles. The van der Waals surface area contributed by atoms with Crippen LogP contribution in [0.3, 0.4) is 0 Å². The van der Waals surface area contributed by atoms with Crippen LogP contribution in [-0.4, -0.2) is 11.8 Å². The van der Waals surface area contributed by atoms with E-state index in [4.69, 9.17) is 11.6 Å². The Kier molecular flexibility index (Phi) is 6.21. The van der Waals surface area contributed by atoms with Crippen LogP contribution in [0.2, 0.25) is 5.02 Å². The van der Waals surface area contributed by atoms with Crippen LogP contribution >= 0.6 is 11.6 Å². The molecular formula is C20H23ClN2O2. The molecule has 0 aliphatic rings. The maximum Gasteiger partial charge on any atom is 0.229 e. The molecule has 0 bridgehead atoms. The maximum absolute atomic E-state index is 12.1. The Morgan fingerprint density at radius 3 is 2.24 bits per heavy atom. The van der Waals surface area contributed by atoms with E-state index in [1.54, 1.807) is 24.3 Å². The van der Waals surface area contributed by atoms with Crippen LogP contribution in [0.4, 0.5) is 11.4 Å². The molecule has 0 spiro atoms. The highest BCUT2D eigenvalue weighted by molar-refractivity contribution is 6.31. The van der Waals surface area contributed by atoms with E-state index in [0.717, 1.165) is 5.56 Å². The van der Waals surface area contributed by atoms with E-state index in [2.05, 4.69) is 10.6 Å². The van der Waals surface area contributed by atoms with Crippen LogP contribution < -0.4 is 10.6 Å². The number of carbonyl (C=O) groups is 2. The number of rotatable bonds is 5. The van der Waals surface area contributed by atoms with Crippen molar-refractivity contribution in [3.8, 4) is 0 Å². The largest absolute Gasteiger partial charge is 0.326 e. The van der Waals surface area contributed by atoms with Crippen molar-refractivity contribution in [3.63, 3.8) is 0 Å². The van der Waals surface area contributed by atoms with Crippen molar-refractivity contribution >= 4 is 34.8 Å². The van der Waals surface area contributed by atoms with Gasteiger partial charge in [0.15, 0.2) is 0 Å². The fourth-order valence-corrected chi connectivity index (χ4v) is 2.40. The van der Waals surface area contributed by atoms with Gasteiger partial charge in [0, 0.05) is 28.2 Å². The summed E-state index contributed by atoms with van der Waals surface area (Å²) in [7, 11) is 0. The molecule has 5 heteroatoms. The Hall–Kier alpha value is -2.33. The summed E-state index contributed by atoms with van der Waals surface area (Å²) >= 11 is 6.10. The highest BCUT2D eigenvalue weighted by Crippen LogP contribution is 2.21. The predicted molar refractivity (Wildman–Crippen MR) is 103 cm³/mol. The molecule has 132 valence electrons. The SMILES string of the molecule is CC(C)(C)C(=O)Nc1cccc(NC(=O)CCc2ccccc2Cl)c1. The average molecular weight is 359 g/mol. The third-order valence-electron chi connectivity index (χ3n) is 3.66. The molecular weight excluding hydrogens is 336 g/mol. The Balaban J connectivity index is 1.94. The summed E-state index contributed by atoms with van der Waals surface area (Å²) in [6.45, 7) is 5.55. The normalized spacial score (nSPS) is 11.0. The fraction of sp³-hybridized carbons (Fsp3) is 0.300. The van der Waals surface area contributed by atoms with Crippen molar-refractivity contribution in [1.82, 2.24) is 0 Å². The van der Waals surface area contributed by atoms with Gasteiger partial charge in [-0.15, -0.1) is 0 Å². The van der Waals surface area contributed by atoms with Gasteiger partial charge in [-0.25, -0.2) is 0 Å². The Bertz CT molecular complexity index is 766. The van der Waals surface area contributed by atoms with Gasteiger partial charge in [-0.05, 0) is 36.2 Å². The molecule has 2 amide bonds. The summed E-state index contributed by atoms with van der Waals surface area (Å²) in [6.07, 6.45) is 0.911. The molecule has 2 N–H and O–H groups in total. The van der Waals surface area contributed by atoms with E-state index in [0.29, 0.717) is 29.2 Å². The van der Waals surface area contributed by atoms with Gasteiger partial charge >= 0.3 is 0 Å². The van der Waals surface area contributed by atoms with Gasteiger partial charge in [-0.1, -0.05) is 56.6 Å². The molecule has 0 saturated heterocycles. The lowest BCUT2D eigenvalue weighted by atomic mass is 9.95. The van der Waals surface area contributed by atoms with Crippen molar-refractivity contribution in [2.24, 2.45) is 5.41 Å². The zero-order chi connectivity index (χ0) is 18.4. The first-order valence-electron chi connectivity index (χ1n) is 8.20. The zero-order valence-electron chi connectivity index (χ0n) is 14.7. The van der Waals surface area contributed by atoms with Crippen LogP contribution in [0.1, 0.15) is 32.8 Å². The van der Waals surface area contributed by atoms with Gasteiger partial charge < -0.3 is 10.6 Å². The van der Waals surface area contributed by atoms with Gasteiger partial charge in [0.05, 0.1) is 0 Å². The van der Waals surface area contributed by atoms with Crippen LogP contribution in [0.5, 0.6) is 0 Å².